The second kappa shape index (κ2) is 8.76. The van der Waals surface area contributed by atoms with E-state index in [0.717, 1.165) is 15.4 Å². The van der Waals surface area contributed by atoms with E-state index < -0.39 is 5.44 Å². The lowest BCUT2D eigenvalue weighted by Crippen LogP contribution is -2.33. The number of carbonyl (C=O) groups excluding carboxylic acids is 1. The fraction of sp³-hybridized carbons (Fsp3) is 0.200. The van der Waals surface area contributed by atoms with Crippen molar-refractivity contribution in [1.82, 2.24) is 15.8 Å². The van der Waals surface area contributed by atoms with Crippen molar-refractivity contribution in [2.24, 2.45) is 0 Å². The summed E-state index contributed by atoms with van der Waals surface area (Å²) in [5, 5.41) is 3.54. The maximum absolute atomic E-state index is 12.1. The highest BCUT2D eigenvalue weighted by molar-refractivity contribution is 9.10. The summed E-state index contributed by atoms with van der Waals surface area (Å²) in [6, 6.07) is 7.45. The van der Waals surface area contributed by atoms with E-state index in [9.17, 15) is 4.79 Å². The van der Waals surface area contributed by atoms with Crippen molar-refractivity contribution in [3.8, 4) is 5.75 Å². The number of halogens is 1. The van der Waals surface area contributed by atoms with Crippen molar-refractivity contribution in [2.75, 3.05) is 13.4 Å². The van der Waals surface area contributed by atoms with Crippen LogP contribution in [0.3, 0.4) is 0 Å². The van der Waals surface area contributed by atoms with E-state index in [1.54, 1.807) is 18.5 Å². The summed E-state index contributed by atoms with van der Waals surface area (Å²) < 4.78 is 6.64. The molecule has 122 valence electrons. The van der Waals surface area contributed by atoms with Crippen LogP contribution in [0.25, 0.3) is 10.9 Å². The average molecular weight is 398 g/mol. The van der Waals surface area contributed by atoms with Crippen LogP contribution in [0.1, 0.15) is 0 Å². The van der Waals surface area contributed by atoms with Crippen molar-refractivity contribution < 1.29 is 14.4 Å². The number of thioether (sulfide) groups is 1. The maximum Gasteiger partial charge on any atom is 0.275 e. The van der Waals surface area contributed by atoms with E-state index >= 15 is 0 Å². The number of aromatic nitrogens is 1. The average Bonchev–Trinajstić information content (AvgIpc) is 2.56. The zero-order valence-corrected chi connectivity index (χ0v) is 15.0. The zero-order valence-electron chi connectivity index (χ0n) is 12.6. The highest BCUT2D eigenvalue weighted by Crippen LogP contribution is 2.24. The Labute approximate surface area is 146 Å². The van der Waals surface area contributed by atoms with Crippen molar-refractivity contribution in [3.63, 3.8) is 0 Å². The molecule has 8 heteroatoms. The SMILES string of the molecule is CONC=CNC(=O)C(Oc1ccc2ncc(Br)cc2c1)SC. The number of rotatable bonds is 7. The Morgan fingerprint density at radius 1 is 1.39 bits per heavy atom. The minimum Gasteiger partial charge on any atom is -0.470 e. The van der Waals surface area contributed by atoms with Gasteiger partial charge in [0.2, 0.25) is 5.44 Å². The lowest BCUT2D eigenvalue weighted by Gasteiger charge is -2.15. The van der Waals surface area contributed by atoms with E-state index in [2.05, 4.69) is 36.5 Å². The molecule has 0 saturated heterocycles. The molecule has 0 radical (unpaired) electrons. The number of nitrogens with one attached hydrogen (secondary N) is 2. The first-order valence-electron chi connectivity index (χ1n) is 6.62. The highest BCUT2D eigenvalue weighted by Gasteiger charge is 2.18. The number of nitrogens with zero attached hydrogens (tertiary/aromatic N) is 1. The summed E-state index contributed by atoms with van der Waals surface area (Å²) in [5.41, 5.74) is 2.67. The molecule has 0 aliphatic heterocycles. The Balaban J connectivity index is 2.07. The van der Waals surface area contributed by atoms with Crippen LogP contribution in [0, 0.1) is 0 Å². The Kier molecular flexibility index (Phi) is 6.69. The number of amides is 1. The number of benzene rings is 1. The molecule has 1 aromatic carbocycles. The van der Waals surface area contributed by atoms with Gasteiger partial charge in [-0.2, -0.15) is 0 Å². The minimum absolute atomic E-state index is 0.265. The third-order valence-corrected chi connectivity index (χ3v) is 3.96. The Hall–Kier alpha value is -1.77. The maximum atomic E-state index is 12.1. The highest BCUT2D eigenvalue weighted by atomic mass is 79.9. The summed E-state index contributed by atoms with van der Waals surface area (Å²) in [4.78, 5) is 21.0. The number of ether oxygens (including phenoxy) is 1. The van der Waals surface area contributed by atoms with E-state index in [-0.39, 0.29) is 5.91 Å². The largest absolute Gasteiger partial charge is 0.470 e. The van der Waals surface area contributed by atoms with Gasteiger partial charge in [-0.15, -0.1) is 11.8 Å². The van der Waals surface area contributed by atoms with Crippen molar-refractivity contribution >= 4 is 44.5 Å². The first-order valence-corrected chi connectivity index (χ1v) is 8.71. The number of hydrogen-bond acceptors (Lipinski definition) is 6. The van der Waals surface area contributed by atoms with Crippen LogP contribution in [0.2, 0.25) is 0 Å². The summed E-state index contributed by atoms with van der Waals surface area (Å²) in [6.45, 7) is 0. The molecular formula is C15H16BrN3O3S. The van der Waals surface area contributed by atoms with Gasteiger partial charge < -0.3 is 10.1 Å². The number of hydrogen-bond donors (Lipinski definition) is 2. The second-order valence-electron chi connectivity index (χ2n) is 4.36. The smallest absolute Gasteiger partial charge is 0.275 e. The van der Waals surface area contributed by atoms with Crippen LogP contribution < -0.4 is 15.5 Å². The number of fused-ring (bicyclic) bond motifs is 1. The van der Waals surface area contributed by atoms with E-state index in [1.807, 2.05) is 18.2 Å². The van der Waals surface area contributed by atoms with Gasteiger partial charge in [-0.25, -0.2) is 0 Å². The van der Waals surface area contributed by atoms with Gasteiger partial charge in [0, 0.05) is 28.5 Å². The Morgan fingerprint density at radius 2 is 2.22 bits per heavy atom. The molecule has 0 aliphatic carbocycles. The van der Waals surface area contributed by atoms with Crippen LogP contribution in [0.5, 0.6) is 5.75 Å². The molecule has 0 bridgehead atoms. The quantitative estimate of drug-likeness (QED) is 0.552. The third-order valence-electron chi connectivity index (χ3n) is 2.79. The van der Waals surface area contributed by atoms with E-state index in [1.165, 1.54) is 31.3 Å². The molecule has 2 aromatic rings. The Bertz CT molecular complexity index is 711. The Morgan fingerprint density at radius 3 is 2.96 bits per heavy atom. The molecule has 0 aliphatic rings. The third kappa shape index (κ3) is 5.12. The van der Waals surface area contributed by atoms with Gasteiger partial charge in [0.05, 0.1) is 12.6 Å². The van der Waals surface area contributed by atoms with E-state index in [4.69, 9.17) is 4.74 Å². The molecule has 23 heavy (non-hydrogen) atoms. The molecule has 0 saturated carbocycles. The predicted octanol–water partition coefficient (Wildman–Crippen LogP) is 2.80. The van der Waals surface area contributed by atoms with Crippen LogP contribution >= 0.6 is 27.7 Å². The van der Waals surface area contributed by atoms with Gasteiger partial charge in [-0.1, -0.05) is 0 Å². The van der Waals surface area contributed by atoms with Crippen molar-refractivity contribution in [1.29, 1.82) is 0 Å². The lowest BCUT2D eigenvalue weighted by atomic mass is 10.2. The van der Waals surface area contributed by atoms with Gasteiger partial charge in [0.15, 0.2) is 0 Å². The molecule has 2 N–H and O–H groups in total. The molecule has 2 rings (SSSR count). The monoisotopic (exact) mass is 397 g/mol. The number of carbonyl (C=O) groups is 1. The molecule has 1 unspecified atom stereocenters. The summed E-state index contributed by atoms with van der Waals surface area (Å²) >= 11 is 4.69. The second-order valence-corrected chi connectivity index (χ2v) is 6.17. The van der Waals surface area contributed by atoms with Gasteiger partial charge >= 0.3 is 0 Å². The molecule has 0 spiro atoms. The minimum atomic E-state index is -0.667. The standard InChI is InChI=1S/C15H16BrN3O3S/c1-21-19-6-5-17-14(20)15(23-2)22-12-3-4-13-10(8-12)7-11(16)9-18-13/h3-9,15,19H,1-2H3,(H,17,20). The molecule has 0 fully saturated rings. The van der Waals surface area contributed by atoms with Crippen LogP contribution in [-0.2, 0) is 9.63 Å². The fourth-order valence-electron chi connectivity index (χ4n) is 1.78. The molecular weight excluding hydrogens is 382 g/mol. The molecule has 1 amide bonds. The first kappa shape index (κ1) is 17.6. The van der Waals surface area contributed by atoms with Crippen molar-refractivity contribution in [2.45, 2.75) is 5.44 Å². The van der Waals surface area contributed by atoms with Crippen LogP contribution in [0.15, 0.2) is 47.3 Å². The summed E-state index contributed by atoms with van der Waals surface area (Å²) in [7, 11) is 1.48. The van der Waals surface area contributed by atoms with Crippen LogP contribution in [0.4, 0.5) is 0 Å². The van der Waals surface area contributed by atoms with Gasteiger partial charge in [-0.3, -0.25) is 20.1 Å². The van der Waals surface area contributed by atoms with Gasteiger partial charge in [0.1, 0.15) is 5.75 Å². The van der Waals surface area contributed by atoms with Crippen LogP contribution in [-0.4, -0.2) is 29.7 Å². The number of hydroxylamine groups is 1. The van der Waals surface area contributed by atoms with Crippen molar-refractivity contribution in [3.05, 3.63) is 47.3 Å². The lowest BCUT2D eigenvalue weighted by molar-refractivity contribution is -0.123. The predicted molar refractivity (Wildman–Crippen MR) is 94.8 cm³/mol. The molecule has 1 heterocycles. The summed E-state index contributed by atoms with van der Waals surface area (Å²) in [6.07, 6.45) is 6.45. The first-order chi connectivity index (χ1) is 11.1. The topological polar surface area (TPSA) is 72.5 Å². The zero-order chi connectivity index (χ0) is 16.7. The van der Waals surface area contributed by atoms with Gasteiger partial charge in [0.25, 0.3) is 5.91 Å². The molecule has 1 aromatic heterocycles. The summed E-state index contributed by atoms with van der Waals surface area (Å²) in [5.74, 6) is 0.338. The molecule has 6 nitrogen and oxygen atoms in total. The normalized spacial score (nSPS) is 12.3. The van der Waals surface area contributed by atoms with E-state index in [0.29, 0.717) is 5.75 Å². The molecule has 1 atom stereocenters. The fourth-order valence-corrected chi connectivity index (χ4v) is 2.62. The number of pyridine rings is 1. The van der Waals surface area contributed by atoms with Gasteiger partial charge in [-0.05, 0) is 46.5 Å².